The average molecular weight is 279 g/mol. The highest BCUT2D eigenvalue weighted by molar-refractivity contribution is 5.80. The van der Waals surface area contributed by atoms with Crippen LogP contribution in [0, 0.1) is 0 Å². The summed E-state index contributed by atoms with van der Waals surface area (Å²) >= 11 is 0. The summed E-state index contributed by atoms with van der Waals surface area (Å²) in [6.45, 7) is 3.90. The predicted octanol–water partition coefficient (Wildman–Crippen LogP) is 3.80. The predicted molar refractivity (Wildman–Crippen MR) is 75.3 cm³/mol. The lowest BCUT2D eigenvalue weighted by Crippen LogP contribution is -2.31. The Kier molecular flexibility index (Phi) is 7.17. The van der Waals surface area contributed by atoms with E-state index in [2.05, 4.69) is 21.7 Å². The van der Waals surface area contributed by atoms with Crippen LogP contribution in [0.5, 0.6) is 0 Å². The van der Waals surface area contributed by atoms with E-state index < -0.39 is 12.2 Å². The van der Waals surface area contributed by atoms with Gasteiger partial charge in [-0.1, -0.05) is 50.1 Å². The number of carbonyl (C=O) groups is 2. The lowest BCUT2D eigenvalue weighted by atomic mass is 10.0. The Morgan fingerprint density at radius 1 is 1.20 bits per heavy atom. The summed E-state index contributed by atoms with van der Waals surface area (Å²) < 4.78 is 9.07. The van der Waals surface area contributed by atoms with Crippen molar-refractivity contribution in [2.75, 3.05) is 6.61 Å². The van der Waals surface area contributed by atoms with Crippen molar-refractivity contribution in [3.63, 3.8) is 0 Å². The molecule has 110 valence electrons. The number of ether oxygens (including phenoxy) is 2. The maximum Gasteiger partial charge on any atom is 0.517 e. The van der Waals surface area contributed by atoms with Gasteiger partial charge in [-0.05, 0) is 18.9 Å². The van der Waals surface area contributed by atoms with E-state index in [-0.39, 0.29) is 12.6 Å². The lowest BCUT2D eigenvalue weighted by molar-refractivity contribution is 0.0776. The molecule has 1 amide bonds. The van der Waals surface area contributed by atoms with Crippen LogP contribution in [0.1, 0.15) is 44.7 Å². The van der Waals surface area contributed by atoms with Gasteiger partial charge in [-0.2, -0.15) is 0 Å². The van der Waals surface area contributed by atoms with Gasteiger partial charge >= 0.3 is 12.2 Å². The van der Waals surface area contributed by atoms with Crippen molar-refractivity contribution in [2.45, 2.75) is 39.2 Å². The van der Waals surface area contributed by atoms with Crippen molar-refractivity contribution < 1.29 is 19.1 Å². The van der Waals surface area contributed by atoms with E-state index in [9.17, 15) is 9.59 Å². The third kappa shape index (κ3) is 5.73. The molecule has 0 saturated carbocycles. The molecule has 0 heterocycles. The number of hydrogen-bond donors (Lipinski definition) is 1. The van der Waals surface area contributed by atoms with Gasteiger partial charge in [0.1, 0.15) is 0 Å². The molecule has 1 N–H and O–H groups in total. The lowest BCUT2D eigenvalue weighted by Gasteiger charge is -2.18. The zero-order valence-electron chi connectivity index (χ0n) is 11.9. The third-order valence-corrected chi connectivity index (χ3v) is 2.78. The molecule has 5 nitrogen and oxygen atoms in total. The number of benzene rings is 1. The van der Waals surface area contributed by atoms with Crippen LogP contribution in [0.4, 0.5) is 9.59 Å². The number of amides is 1. The Labute approximate surface area is 119 Å². The second kappa shape index (κ2) is 8.96. The molecule has 1 atom stereocenters. The van der Waals surface area contributed by atoms with E-state index in [1.807, 2.05) is 30.3 Å². The van der Waals surface area contributed by atoms with Crippen molar-refractivity contribution in [1.82, 2.24) is 5.32 Å². The molecule has 0 aliphatic rings. The summed E-state index contributed by atoms with van der Waals surface area (Å²) in [7, 11) is 0. The summed E-state index contributed by atoms with van der Waals surface area (Å²) in [6.07, 6.45) is 1.02. The standard InChI is InChI=1S/C15H21NO4/c1-3-5-11-13(12-9-7-6-8-10-12)16-14(17)20-15(18)19-4-2/h6-10,13H,3-5,11H2,1-2H3,(H,16,17). The maximum atomic E-state index is 11.6. The molecule has 1 aromatic rings. The van der Waals surface area contributed by atoms with E-state index in [0.717, 1.165) is 24.8 Å². The van der Waals surface area contributed by atoms with E-state index in [1.54, 1.807) is 6.92 Å². The van der Waals surface area contributed by atoms with Crippen LogP contribution in [0.25, 0.3) is 0 Å². The van der Waals surface area contributed by atoms with Crippen molar-refractivity contribution in [3.8, 4) is 0 Å². The second-order valence-electron chi connectivity index (χ2n) is 4.32. The maximum absolute atomic E-state index is 11.6. The van der Waals surface area contributed by atoms with Gasteiger partial charge in [0, 0.05) is 0 Å². The van der Waals surface area contributed by atoms with Crippen molar-refractivity contribution >= 4 is 12.2 Å². The molecule has 1 aromatic carbocycles. The molecule has 0 radical (unpaired) electrons. The monoisotopic (exact) mass is 279 g/mol. The van der Waals surface area contributed by atoms with E-state index in [4.69, 9.17) is 0 Å². The van der Waals surface area contributed by atoms with E-state index >= 15 is 0 Å². The summed E-state index contributed by atoms with van der Waals surface area (Å²) in [5.74, 6) is 0. The fraction of sp³-hybridized carbons (Fsp3) is 0.467. The minimum Gasteiger partial charge on any atom is -0.434 e. The molecule has 0 bridgehead atoms. The summed E-state index contributed by atoms with van der Waals surface area (Å²) in [4.78, 5) is 22.7. The van der Waals surface area contributed by atoms with Crippen LogP contribution in [-0.4, -0.2) is 18.9 Å². The number of unbranched alkanes of at least 4 members (excludes halogenated alkanes) is 1. The number of hydrogen-bond acceptors (Lipinski definition) is 4. The van der Waals surface area contributed by atoms with Crippen LogP contribution in [0.3, 0.4) is 0 Å². The normalized spacial score (nSPS) is 11.5. The third-order valence-electron chi connectivity index (χ3n) is 2.78. The smallest absolute Gasteiger partial charge is 0.434 e. The zero-order chi connectivity index (χ0) is 14.8. The minimum atomic E-state index is -0.979. The van der Waals surface area contributed by atoms with Crippen LogP contribution < -0.4 is 5.32 Å². The Hall–Kier alpha value is -2.04. The van der Waals surface area contributed by atoms with Crippen molar-refractivity contribution in [3.05, 3.63) is 35.9 Å². The van der Waals surface area contributed by atoms with Crippen LogP contribution in [0.15, 0.2) is 30.3 Å². The number of nitrogens with one attached hydrogen (secondary N) is 1. The van der Waals surface area contributed by atoms with Crippen molar-refractivity contribution in [1.29, 1.82) is 0 Å². The molecule has 20 heavy (non-hydrogen) atoms. The van der Waals surface area contributed by atoms with E-state index in [0.29, 0.717) is 0 Å². The highest BCUT2D eigenvalue weighted by Gasteiger charge is 2.17. The van der Waals surface area contributed by atoms with Gasteiger partial charge in [-0.3, -0.25) is 0 Å². The molecule has 0 saturated heterocycles. The van der Waals surface area contributed by atoms with Crippen LogP contribution in [0.2, 0.25) is 0 Å². The van der Waals surface area contributed by atoms with Crippen LogP contribution in [-0.2, 0) is 9.47 Å². The van der Waals surface area contributed by atoms with Gasteiger partial charge in [0.2, 0.25) is 0 Å². The SMILES string of the molecule is CCCCC(NC(=O)OC(=O)OCC)c1ccccc1. The molecule has 1 rings (SSSR count). The van der Waals surface area contributed by atoms with Crippen LogP contribution >= 0.6 is 0 Å². The molecule has 5 heteroatoms. The summed E-state index contributed by atoms with van der Waals surface area (Å²) in [5.41, 5.74) is 0.988. The fourth-order valence-corrected chi connectivity index (χ4v) is 1.81. The van der Waals surface area contributed by atoms with Gasteiger partial charge < -0.3 is 14.8 Å². The highest BCUT2D eigenvalue weighted by Crippen LogP contribution is 2.19. The topological polar surface area (TPSA) is 64.6 Å². The Bertz CT molecular complexity index is 419. The Morgan fingerprint density at radius 2 is 1.90 bits per heavy atom. The largest absolute Gasteiger partial charge is 0.517 e. The average Bonchev–Trinajstić information content (AvgIpc) is 2.44. The molecule has 0 aliphatic carbocycles. The first-order valence-electron chi connectivity index (χ1n) is 6.87. The van der Waals surface area contributed by atoms with Gasteiger partial charge in [-0.15, -0.1) is 0 Å². The van der Waals surface area contributed by atoms with E-state index in [1.165, 1.54) is 0 Å². The van der Waals surface area contributed by atoms with Gasteiger partial charge in [0.15, 0.2) is 0 Å². The van der Waals surface area contributed by atoms with Gasteiger partial charge in [0.25, 0.3) is 0 Å². The molecule has 1 unspecified atom stereocenters. The zero-order valence-corrected chi connectivity index (χ0v) is 11.9. The Morgan fingerprint density at radius 3 is 2.50 bits per heavy atom. The summed E-state index contributed by atoms with van der Waals surface area (Å²) in [5, 5.41) is 2.70. The first kappa shape index (κ1) is 16.0. The fourth-order valence-electron chi connectivity index (χ4n) is 1.81. The van der Waals surface area contributed by atoms with Gasteiger partial charge in [0.05, 0.1) is 12.6 Å². The molecule has 0 spiro atoms. The molecule has 0 aliphatic heterocycles. The first-order chi connectivity index (χ1) is 9.67. The molecule has 0 aromatic heterocycles. The molecular weight excluding hydrogens is 258 g/mol. The van der Waals surface area contributed by atoms with Gasteiger partial charge in [-0.25, -0.2) is 9.59 Å². The highest BCUT2D eigenvalue weighted by atomic mass is 16.7. The number of alkyl carbamates (subject to hydrolysis) is 1. The Balaban J connectivity index is 2.61. The quantitative estimate of drug-likeness (QED) is 0.635. The first-order valence-corrected chi connectivity index (χ1v) is 6.87. The minimum absolute atomic E-state index is 0.168. The number of carbonyl (C=O) groups excluding carboxylic acids is 2. The molecular formula is C15H21NO4. The van der Waals surface area contributed by atoms with Crippen molar-refractivity contribution in [2.24, 2.45) is 0 Å². The number of rotatable bonds is 6. The summed E-state index contributed by atoms with van der Waals surface area (Å²) in [6, 6.07) is 9.44. The molecule has 0 fully saturated rings. The second-order valence-corrected chi connectivity index (χ2v) is 4.32.